The minimum absolute atomic E-state index is 0. The van der Waals surface area contributed by atoms with Crippen LogP contribution < -0.4 is 15.9 Å². The van der Waals surface area contributed by atoms with Crippen molar-refractivity contribution < 1.29 is 4.79 Å². The second kappa shape index (κ2) is 7.55. The minimum Gasteiger partial charge on any atom is -0.294 e. The normalized spacial score (nSPS) is 10.7. The molecule has 0 aliphatic rings. The van der Waals surface area contributed by atoms with E-state index in [1.54, 1.807) is 6.92 Å². The van der Waals surface area contributed by atoms with E-state index in [0.717, 1.165) is 15.9 Å². The highest BCUT2D eigenvalue weighted by Gasteiger charge is 2.38. The van der Waals surface area contributed by atoms with Gasteiger partial charge in [-0.15, -0.1) is 12.4 Å². The van der Waals surface area contributed by atoms with Crippen molar-refractivity contribution in [1.29, 1.82) is 0 Å². The Morgan fingerprint density at radius 2 is 0.870 bits per heavy atom. The molecule has 3 rings (SSSR count). The van der Waals surface area contributed by atoms with E-state index in [0.29, 0.717) is 0 Å². The fraction of sp³-hybridized carbons (Fsp3) is 0.0500. The fourth-order valence-electron chi connectivity index (χ4n) is 2.95. The third-order valence-corrected chi connectivity index (χ3v) is 8.07. The molecule has 0 aliphatic carbocycles. The van der Waals surface area contributed by atoms with E-state index < -0.39 is 7.26 Å². The number of halogens is 1. The Balaban J connectivity index is 0.00000192. The van der Waals surface area contributed by atoms with Gasteiger partial charge in [0.25, 0.3) is 0 Å². The smallest absolute Gasteiger partial charge is 0.159 e. The Morgan fingerprint density at radius 3 is 1.09 bits per heavy atom. The lowest BCUT2D eigenvalue weighted by molar-refractivity contribution is -0.109. The maximum absolute atomic E-state index is 12.9. The lowest BCUT2D eigenvalue weighted by Crippen LogP contribution is -2.35. The Morgan fingerprint density at radius 1 is 0.609 bits per heavy atom. The van der Waals surface area contributed by atoms with Gasteiger partial charge in [-0.05, 0) is 22.8 Å². The summed E-state index contributed by atoms with van der Waals surface area (Å²) in [7, 11) is -2.26. The van der Waals surface area contributed by atoms with Crippen LogP contribution in [0.5, 0.6) is 0 Å². The average molecular weight is 342 g/mol. The molecule has 0 unspecified atom stereocenters. The van der Waals surface area contributed by atoms with Crippen molar-refractivity contribution in [1.82, 2.24) is 0 Å². The molecule has 0 saturated heterocycles. The van der Waals surface area contributed by atoms with Crippen molar-refractivity contribution in [2.45, 2.75) is 6.92 Å². The summed E-state index contributed by atoms with van der Waals surface area (Å²) in [5.41, 5.74) is 0.232. The molecule has 0 N–H and O–H groups in total. The third kappa shape index (κ3) is 3.08. The van der Waals surface area contributed by atoms with Gasteiger partial charge in [0.15, 0.2) is 5.52 Å². The van der Waals surface area contributed by atoms with Crippen LogP contribution in [0.4, 0.5) is 0 Å². The maximum atomic E-state index is 12.9. The predicted octanol–water partition coefficient (Wildman–Crippen LogP) is 3.95. The molecule has 23 heavy (non-hydrogen) atoms. The summed E-state index contributed by atoms with van der Waals surface area (Å²) in [6, 6.07) is 30.5. The molecule has 0 bridgehead atoms. The number of rotatable bonds is 4. The molecule has 0 atom stereocenters. The first-order valence-electron chi connectivity index (χ1n) is 7.33. The van der Waals surface area contributed by atoms with Gasteiger partial charge in [0.2, 0.25) is 0 Å². The van der Waals surface area contributed by atoms with Gasteiger partial charge >= 0.3 is 0 Å². The lowest BCUT2D eigenvalue weighted by Gasteiger charge is -2.35. The Kier molecular flexibility index (Phi) is 5.71. The zero-order valence-electron chi connectivity index (χ0n) is 12.9. The number of hydrogen-bond donors (Lipinski definition) is 0. The molecule has 0 heterocycles. The highest BCUT2D eigenvalue weighted by molar-refractivity contribution is 8.08. The van der Waals surface area contributed by atoms with E-state index in [-0.39, 0.29) is 17.9 Å². The van der Waals surface area contributed by atoms with Gasteiger partial charge in [-0.1, -0.05) is 91.0 Å². The van der Waals surface area contributed by atoms with E-state index in [2.05, 4.69) is 36.4 Å². The largest absolute Gasteiger partial charge is 0.294 e. The zero-order valence-corrected chi connectivity index (χ0v) is 14.6. The second-order valence-corrected chi connectivity index (χ2v) is 8.72. The minimum atomic E-state index is -2.26. The maximum Gasteiger partial charge on any atom is 0.159 e. The zero-order chi connectivity index (χ0) is 15.4. The molecule has 117 valence electrons. The Hall–Kier alpha value is -1.95. The predicted molar refractivity (Wildman–Crippen MR) is 103 cm³/mol. The summed E-state index contributed by atoms with van der Waals surface area (Å²) in [6.45, 7) is 1.72. The topological polar surface area (TPSA) is 17.1 Å². The van der Waals surface area contributed by atoms with Gasteiger partial charge in [-0.2, -0.15) is 0 Å². The molecule has 0 saturated carbocycles. The van der Waals surface area contributed by atoms with E-state index in [1.807, 2.05) is 54.6 Å². The van der Waals surface area contributed by atoms with Crippen molar-refractivity contribution in [2.24, 2.45) is 0 Å². The van der Waals surface area contributed by atoms with Crippen LogP contribution in [-0.2, 0) is 4.79 Å². The third-order valence-electron chi connectivity index (χ3n) is 3.90. The average Bonchev–Trinajstić information content (AvgIpc) is 2.58. The summed E-state index contributed by atoms with van der Waals surface area (Å²) < 4.78 is 0. The van der Waals surface area contributed by atoms with Crippen molar-refractivity contribution in [2.75, 3.05) is 0 Å². The van der Waals surface area contributed by atoms with Crippen molar-refractivity contribution in [3.8, 4) is 0 Å². The fourth-order valence-corrected chi connectivity index (χ4v) is 6.79. The standard InChI is InChI=1S/C20H18OP.ClH/c1-17(21)22(18-11-5-2-6-12-18,19-13-7-3-8-14-19)20-15-9-4-10-16-20;/h2-16H,1H3;1H. The van der Waals surface area contributed by atoms with Gasteiger partial charge in [-0.3, -0.25) is 4.79 Å². The van der Waals surface area contributed by atoms with Gasteiger partial charge < -0.3 is 0 Å². The number of hydrogen-bond acceptors (Lipinski definition) is 1. The molecule has 1 nitrogen and oxygen atoms in total. The molecule has 0 aliphatic heterocycles. The SMILES string of the molecule is CC(=O)[P](c1ccccc1)(c1ccccc1)c1ccccc1.Cl. The van der Waals surface area contributed by atoms with Gasteiger partial charge in [-0.25, -0.2) is 0 Å². The monoisotopic (exact) mass is 341 g/mol. The van der Waals surface area contributed by atoms with Crippen molar-refractivity contribution >= 4 is 41.1 Å². The Labute approximate surface area is 144 Å². The van der Waals surface area contributed by atoms with Crippen LogP contribution >= 0.6 is 19.7 Å². The van der Waals surface area contributed by atoms with Crippen LogP contribution in [0, 0.1) is 0 Å². The molecular weight excluding hydrogens is 323 g/mol. The molecule has 0 amide bonds. The van der Waals surface area contributed by atoms with Crippen LogP contribution in [0.25, 0.3) is 0 Å². The van der Waals surface area contributed by atoms with Gasteiger partial charge in [0.1, 0.15) is 0 Å². The molecule has 0 aromatic heterocycles. The lowest BCUT2D eigenvalue weighted by atomic mass is 10.4. The molecule has 3 aromatic rings. The number of carbonyl (C=O) groups is 1. The second-order valence-electron chi connectivity index (χ2n) is 5.20. The van der Waals surface area contributed by atoms with Crippen LogP contribution in [0.15, 0.2) is 91.0 Å². The molecular formula is C20H19ClOP. The van der Waals surface area contributed by atoms with E-state index in [9.17, 15) is 4.79 Å². The van der Waals surface area contributed by atoms with E-state index in [4.69, 9.17) is 0 Å². The highest BCUT2D eigenvalue weighted by Crippen LogP contribution is 2.55. The first kappa shape index (κ1) is 17.4. The summed E-state index contributed by atoms with van der Waals surface area (Å²) >= 11 is 0. The Bertz CT molecular complexity index is 661. The van der Waals surface area contributed by atoms with Crippen LogP contribution in [0.1, 0.15) is 6.92 Å². The van der Waals surface area contributed by atoms with Crippen molar-refractivity contribution in [3.63, 3.8) is 0 Å². The summed E-state index contributed by atoms with van der Waals surface area (Å²) in [5.74, 6) is 0. The molecule has 1 radical (unpaired) electrons. The number of benzene rings is 3. The summed E-state index contributed by atoms with van der Waals surface area (Å²) in [6.07, 6.45) is 0. The first-order valence-corrected chi connectivity index (χ1v) is 9.12. The van der Waals surface area contributed by atoms with Crippen LogP contribution in [-0.4, -0.2) is 5.52 Å². The molecule has 0 spiro atoms. The molecule has 3 heteroatoms. The van der Waals surface area contributed by atoms with Crippen LogP contribution in [0.3, 0.4) is 0 Å². The van der Waals surface area contributed by atoms with Crippen LogP contribution in [0.2, 0.25) is 0 Å². The van der Waals surface area contributed by atoms with E-state index in [1.165, 1.54) is 0 Å². The molecule has 3 aromatic carbocycles. The quantitative estimate of drug-likeness (QED) is 0.657. The van der Waals surface area contributed by atoms with Gasteiger partial charge in [0.05, 0.1) is 0 Å². The number of carbonyl (C=O) groups excluding carboxylic acids is 1. The van der Waals surface area contributed by atoms with Gasteiger partial charge in [0, 0.05) is 7.26 Å². The van der Waals surface area contributed by atoms with E-state index >= 15 is 0 Å². The van der Waals surface area contributed by atoms with Crippen molar-refractivity contribution in [3.05, 3.63) is 91.0 Å². The molecule has 0 fully saturated rings. The summed E-state index contributed by atoms with van der Waals surface area (Å²) in [4.78, 5) is 12.9. The first-order chi connectivity index (χ1) is 10.8. The highest BCUT2D eigenvalue weighted by atomic mass is 35.5. The summed E-state index contributed by atoms with van der Waals surface area (Å²) in [5, 5.41) is 3.33.